The Morgan fingerprint density at radius 3 is 2.55 bits per heavy atom. The van der Waals surface area contributed by atoms with Gasteiger partial charge in [0.2, 0.25) is 0 Å². The van der Waals surface area contributed by atoms with Crippen LogP contribution in [0.3, 0.4) is 0 Å². The van der Waals surface area contributed by atoms with E-state index in [0.29, 0.717) is 6.61 Å². The van der Waals surface area contributed by atoms with Crippen LogP contribution in [-0.4, -0.2) is 27.7 Å². The molecule has 22 heavy (non-hydrogen) atoms. The highest BCUT2D eigenvalue weighted by molar-refractivity contribution is 7.86. The van der Waals surface area contributed by atoms with Crippen molar-refractivity contribution >= 4 is 10.1 Å². The van der Waals surface area contributed by atoms with Crippen LogP contribution >= 0.6 is 0 Å². The van der Waals surface area contributed by atoms with E-state index in [4.69, 9.17) is 8.92 Å². The topological polar surface area (TPSA) is 52.6 Å². The number of rotatable bonds is 6. The number of hydrogen-bond acceptors (Lipinski definition) is 4. The van der Waals surface area contributed by atoms with Crippen LogP contribution in [0.2, 0.25) is 0 Å². The summed E-state index contributed by atoms with van der Waals surface area (Å²) in [5.74, 6) is 0. The third kappa shape index (κ3) is 5.55. The first-order valence-corrected chi connectivity index (χ1v) is 9.21. The predicted octanol–water partition coefficient (Wildman–Crippen LogP) is 3.61. The standard InChI is InChI=1S/C17H24O4S/c1-15-9-11-17(12-10-15)22(18,19)21-14-13-20-16-7-5-3-2-4-6-8-16/h2-3,9-12,16H,4-8,13-14H2,1H3/b3-2+. The summed E-state index contributed by atoms with van der Waals surface area (Å²) in [6, 6.07) is 6.64. The molecule has 1 aromatic carbocycles. The fourth-order valence-corrected chi connectivity index (χ4v) is 3.32. The smallest absolute Gasteiger partial charge is 0.297 e. The number of hydrogen-bond donors (Lipinski definition) is 0. The second kappa shape index (κ2) is 8.46. The largest absolute Gasteiger partial charge is 0.376 e. The fraction of sp³-hybridized carbons (Fsp3) is 0.529. The SMILES string of the molecule is Cc1ccc(S(=O)(=O)OCCOC2CC/C=C/CCC2)cc1. The fourth-order valence-electron chi connectivity index (χ4n) is 2.42. The van der Waals surface area contributed by atoms with Crippen molar-refractivity contribution in [3.05, 3.63) is 42.0 Å². The Kier molecular flexibility index (Phi) is 6.61. The van der Waals surface area contributed by atoms with Crippen LogP contribution in [0.25, 0.3) is 0 Å². The van der Waals surface area contributed by atoms with Crippen molar-refractivity contribution in [3.63, 3.8) is 0 Å². The van der Waals surface area contributed by atoms with Crippen molar-refractivity contribution in [2.75, 3.05) is 13.2 Å². The lowest BCUT2D eigenvalue weighted by Crippen LogP contribution is -2.18. The molecule has 1 unspecified atom stereocenters. The molecule has 122 valence electrons. The van der Waals surface area contributed by atoms with Gasteiger partial charge in [0.05, 0.1) is 24.2 Å². The van der Waals surface area contributed by atoms with Gasteiger partial charge in [-0.25, -0.2) is 0 Å². The van der Waals surface area contributed by atoms with E-state index in [2.05, 4.69) is 12.2 Å². The Labute approximate surface area is 133 Å². The molecule has 0 saturated heterocycles. The van der Waals surface area contributed by atoms with Gasteiger partial charge >= 0.3 is 0 Å². The third-order valence-electron chi connectivity index (χ3n) is 3.70. The second-order valence-electron chi connectivity index (χ2n) is 5.56. The minimum atomic E-state index is -3.68. The molecule has 0 spiro atoms. The first kappa shape index (κ1) is 17.2. The molecule has 0 saturated carbocycles. The van der Waals surface area contributed by atoms with Crippen molar-refractivity contribution in [3.8, 4) is 0 Å². The van der Waals surface area contributed by atoms with Gasteiger partial charge in [0.25, 0.3) is 10.1 Å². The van der Waals surface area contributed by atoms with Crippen LogP contribution in [0.5, 0.6) is 0 Å². The molecule has 0 fully saturated rings. The second-order valence-corrected chi connectivity index (χ2v) is 7.18. The first-order valence-electron chi connectivity index (χ1n) is 7.80. The zero-order chi connectivity index (χ0) is 15.8. The van der Waals surface area contributed by atoms with E-state index >= 15 is 0 Å². The van der Waals surface area contributed by atoms with Crippen molar-refractivity contribution < 1.29 is 17.3 Å². The van der Waals surface area contributed by atoms with Crippen LogP contribution < -0.4 is 0 Å². The van der Waals surface area contributed by atoms with Crippen LogP contribution in [0.15, 0.2) is 41.3 Å². The minimum Gasteiger partial charge on any atom is -0.376 e. The summed E-state index contributed by atoms with van der Waals surface area (Å²) in [5.41, 5.74) is 1.01. The molecule has 1 aliphatic carbocycles. The molecule has 2 rings (SSSR count). The van der Waals surface area contributed by atoms with Crippen molar-refractivity contribution in [1.29, 1.82) is 0 Å². The molecule has 0 bridgehead atoms. The van der Waals surface area contributed by atoms with E-state index in [1.807, 2.05) is 6.92 Å². The van der Waals surface area contributed by atoms with E-state index < -0.39 is 10.1 Å². The van der Waals surface area contributed by atoms with Crippen LogP contribution in [-0.2, 0) is 19.0 Å². The summed E-state index contributed by atoms with van der Waals surface area (Å²) in [7, 11) is -3.68. The highest BCUT2D eigenvalue weighted by Crippen LogP contribution is 2.16. The van der Waals surface area contributed by atoms with E-state index in [9.17, 15) is 8.42 Å². The van der Waals surface area contributed by atoms with Crippen molar-refractivity contribution in [1.82, 2.24) is 0 Å². The van der Waals surface area contributed by atoms with Gasteiger partial charge in [0.15, 0.2) is 0 Å². The molecule has 1 atom stereocenters. The normalized spacial score (nSPS) is 21.0. The molecule has 0 aliphatic heterocycles. The molecule has 5 heteroatoms. The van der Waals surface area contributed by atoms with Gasteiger partial charge in [-0.15, -0.1) is 0 Å². The molecule has 0 amide bonds. The highest BCUT2D eigenvalue weighted by atomic mass is 32.2. The van der Waals surface area contributed by atoms with Gasteiger partial charge in [0, 0.05) is 0 Å². The molecule has 0 aromatic heterocycles. The zero-order valence-corrected chi connectivity index (χ0v) is 13.8. The summed E-state index contributed by atoms with van der Waals surface area (Å²) >= 11 is 0. The maximum atomic E-state index is 12.0. The molecule has 1 aromatic rings. The number of ether oxygens (including phenoxy) is 1. The molecule has 0 heterocycles. The molecule has 4 nitrogen and oxygen atoms in total. The number of allylic oxidation sites excluding steroid dienone is 2. The van der Waals surface area contributed by atoms with Crippen LogP contribution in [0.1, 0.15) is 37.7 Å². The van der Waals surface area contributed by atoms with E-state index in [0.717, 1.165) is 37.7 Å². The number of aryl methyl sites for hydroxylation is 1. The predicted molar refractivity (Wildman–Crippen MR) is 86.3 cm³/mol. The zero-order valence-electron chi connectivity index (χ0n) is 13.0. The Bertz CT molecular complexity index is 575. The Morgan fingerprint density at radius 2 is 1.77 bits per heavy atom. The lowest BCUT2D eigenvalue weighted by Gasteiger charge is -2.18. The van der Waals surface area contributed by atoms with Gasteiger partial charge in [-0.05, 0) is 51.2 Å². The maximum Gasteiger partial charge on any atom is 0.297 e. The van der Waals surface area contributed by atoms with Gasteiger partial charge in [-0.3, -0.25) is 4.18 Å². The Balaban J connectivity index is 1.75. The average molecular weight is 324 g/mol. The molecular formula is C17H24O4S. The van der Waals surface area contributed by atoms with Crippen LogP contribution in [0, 0.1) is 6.92 Å². The Morgan fingerprint density at radius 1 is 1.05 bits per heavy atom. The third-order valence-corrected chi connectivity index (χ3v) is 5.03. The molecule has 0 N–H and O–H groups in total. The van der Waals surface area contributed by atoms with E-state index in [1.54, 1.807) is 24.3 Å². The van der Waals surface area contributed by atoms with E-state index in [-0.39, 0.29) is 17.6 Å². The maximum absolute atomic E-state index is 12.0. The minimum absolute atomic E-state index is 0.0581. The Hall–Kier alpha value is -1.17. The molecular weight excluding hydrogens is 300 g/mol. The summed E-state index contributed by atoms with van der Waals surface area (Å²) in [6.45, 7) is 2.28. The number of benzene rings is 1. The van der Waals surface area contributed by atoms with Gasteiger partial charge in [-0.1, -0.05) is 29.8 Å². The van der Waals surface area contributed by atoms with Gasteiger partial charge < -0.3 is 4.74 Å². The van der Waals surface area contributed by atoms with Crippen molar-refractivity contribution in [2.45, 2.75) is 50.0 Å². The first-order chi connectivity index (χ1) is 10.6. The average Bonchev–Trinajstić information content (AvgIpc) is 2.45. The summed E-state index contributed by atoms with van der Waals surface area (Å²) in [4.78, 5) is 0.189. The van der Waals surface area contributed by atoms with Gasteiger partial charge in [-0.2, -0.15) is 8.42 Å². The molecule has 0 radical (unpaired) electrons. The monoisotopic (exact) mass is 324 g/mol. The van der Waals surface area contributed by atoms with Crippen LogP contribution in [0.4, 0.5) is 0 Å². The summed E-state index contributed by atoms with van der Waals surface area (Å²) in [6.07, 6.45) is 9.85. The van der Waals surface area contributed by atoms with Crippen molar-refractivity contribution in [2.24, 2.45) is 0 Å². The lowest BCUT2D eigenvalue weighted by molar-refractivity contribution is 0.0241. The summed E-state index contributed by atoms with van der Waals surface area (Å²) in [5, 5.41) is 0. The van der Waals surface area contributed by atoms with Gasteiger partial charge in [0.1, 0.15) is 0 Å². The highest BCUT2D eigenvalue weighted by Gasteiger charge is 2.15. The van der Waals surface area contributed by atoms with E-state index in [1.165, 1.54) is 0 Å². The quantitative estimate of drug-likeness (QED) is 0.456. The lowest BCUT2D eigenvalue weighted by atomic mass is 10.0. The molecule has 1 aliphatic rings. The summed E-state index contributed by atoms with van der Waals surface area (Å²) < 4.78 is 34.8.